The van der Waals surface area contributed by atoms with Crippen LogP contribution in [0.5, 0.6) is 0 Å². The first-order valence-electron chi connectivity index (χ1n) is 6.98. The van der Waals surface area contributed by atoms with Crippen LogP contribution < -0.4 is 0 Å². The number of rotatable bonds is 3. The first kappa shape index (κ1) is 14.8. The average Bonchev–Trinajstić information content (AvgIpc) is 2.62. The van der Waals surface area contributed by atoms with E-state index < -0.39 is 0 Å². The van der Waals surface area contributed by atoms with E-state index in [0.717, 1.165) is 12.0 Å². The minimum atomic E-state index is -0.332. The molecular weight excluding hydrogens is 260 g/mol. The second-order valence-corrected chi connectivity index (χ2v) is 5.51. The fourth-order valence-electron chi connectivity index (χ4n) is 3.13. The maximum atomic E-state index is 12.0. The lowest BCUT2D eigenvalue weighted by Crippen LogP contribution is -2.29. The summed E-state index contributed by atoms with van der Waals surface area (Å²) < 4.78 is 10.4. The zero-order valence-corrected chi connectivity index (χ0v) is 11.9. The summed E-state index contributed by atoms with van der Waals surface area (Å²) in [4.78, 5) is 34.1. The van der Waals surface area contributed by atoms with Crippen LogP contribution in [-0.4, -0.2) is 30.4 Å². The average molecular weight is 280 g/mol. The Hall–Kier alpha value is -1.65. The number of hydrogen-bond donors (Lipinski definition) is 0. The van der Waals surface area contributed by atoms with Crippen LogP contribution in [0.25, 0.3) is 0 Å². The molecule has 5 nitrogen and oxygen atoms in total. The van der Waals surface area contributed by atoms with Gasteiger partial charge in [0, 0.05) is 38.5 Å². The SMILES string of the molecule is CC(=O)OCC1=CCC(OC(C)=O)[C@H]2CCC(=O)[C@@H]2C1. The van der Waals surface area contributed by atoms with Crippen molar-refractivity contribution in [2.75, 3.05) is 6.61 Å². The van der Waals surface area contributed by atoms with Gasteiger partial charge in [0.2, 0.25) is 0 Å². The maximum Gasteiger partial charge on any atom is 0.302 e. The molecule has 0 aromatic heterocycles. The Labute approximate surface area is 118 Å². The van der Waals surface area contributed by atoms with E-state index in [-0.39, 0.29) is 42.3 Å². The summed E-state index contributed by atoms with van der Waals surface area (Å²) >= 11 is 0. The van der Waals surface area contributed by atoms with Crippen molar-refractivity contribution in [1.29, 1.82) is 0 Å². The molecule has 0 aromatic carbocycles. The molecule has 0 spiro atoms. The van der Waals surface area contributed by atoms with Gasteiger partial charge in [-0.05, 0) is 18.4 Å². The smallest absolute Gasteiger partial charge is 0.302 e. The van der Waals surface area contributed by atoms with Gasteiger partial charge in [-0.1, -0.05) is 6.08 Å². The van der Waals surface area contributed by atoms with Gasteiger partial charge in [-0.3, -0.25) is 14.4 Å². The summed E-state index contributed by atoms with van der Waals surface area (Å²) in [6.07, 6.45) is 4.23. The minimum absolute atomic E-state index is 0.0949. The number of carbonyl (C=O) groups excluding carboxylic acids is 3. The van der Waals surface area contributed by atoms with Crippen LogP contribution in [0.1, 0.15) is 39.5 Å². The monoisotopic (exact) mass is 280 g/mol. The van der Waals surface area contributed by atoms with Crippen LogP contribution in [0, 0.1) is 11.8 Å². The number of esters is 2. The molecule has 0 aromatic rings. The van der Waals surface area contributed by atoms with Gasteiger partial charge in [0.25, 0.3) is 0 Å². The van der Waals surface area contributed by atoms with Gasteiger partial charge in [0.05, 0.1) is 0 Å². The highest BCUT2D eigenvalue weighted by Crippen LogP contribution is 2.40. The third kappa shape index (κ3) is 3.46. The number of ether oxygens (including phenoxy) is 2. The van der Waals surface area contributed by atoms with Crippen LogP contribution in [0.2, 0.25) is 0 Å². The molecule has 3 atom stereocenters. The van der Waals surface area contributed by atoms with Crippen molar-refractivity contribution in [2.45, 2.75) is 45.6 Å². The number of carbonyl (C=O) groups is 3. The zero-order chi connectivity index (χ0) is 14.7. The van der Waals surface area contributed by atoms with E-state index in [0.29, 0.717) is 19.3 Å². The topological polar surface area (TPSA) is 69.7 Å². The number of Topliss-reactive ketones (excluding diaryl/α,β-unsaturated/α-hetero) is 1. The van der Waals surface area contributed by atoms with Crippen LogP contribution >= 0.6 is 0 Å². The molecule has 1 saturated carbocycles. The van der Waals surface area contributed by atoms with Gasteiger partial charge >= 0.3 is 11.9 Å². The van der Waals surface area contributed by atoms with Crippen LogP contribution in [0.4, 0.5) is 0 Å². The Morgan fingerprint density at radius 3 is 2.70 bits per heavy atom. The fraction of sp³-hybridized carbons (Fsp3) is 0.667. The second-order valence-electron chi connectivity index (χ2n) is 5.51. The fourth-order valence-corrected chi connectivity index (χ4v) is 3.13. The lowest BCUT2D eigenvalue weighted by Gasteiger charge is -2.24. The summed E-state index contributed by atoms with van der Waals surface area (Å²) in [6, 6.07) is 0. The molecule has 1 fully saturated rings. The van der Waals surface area contributed by atoms with E-state index >= 15 is 0 Å². The van der Waals surface area contributed by atoms with Gasteiger partial charge in [0.1, 0.15) is 18.5 Å². The van der Waals surface area contributed by atoms with Crippen LogP contribution in [-0.2, 0) is 23.9 Å². The van der Waals surface area contributed by atoms with Crippen LogP contribution in [0.15, 0.2) is 11.6 Å². The third-order valence-electron chi connectivity index (χ3n) is 4.03. The maximum absolute atomic E-state index is 12.0. The van der Waals surface area contributed by atoms with Crippen molar-refractivity contribution < 1.29 is 23.9 Å². The van der Waals surface area contributed by atoms with E-state index in [2.05, 4.69) is 0 Å². The second kappa shape index (κ2) is 6.20. The molecule has 110 valence electrons. The molecule has 2 aliphatic carbocycles. The zero-order valence-electron chi connectivity index (χ0n) is 11.9. The third-order valence-corrected chi connectivity index (χ3v) is 4.03. The Morgan fingerprint density at radius 1 is 1.30 bits per heavy atom. The molecule has 0 radical (unpaired) electrons. The van der Waals surface area contributed by atoms with E-state index in [1.54, 1.807) is 0 Å². The van der Waals surface area contributed by atoms with Crippen molar-refractivity contribution in [2.24, 2.45) is 11.8 Å². The molecule has 0 heterocycles. The summed E-state index contributed by atoms with van der Waals surface area (Å²) in [5.74, 6) is -0.435. The Kier molecular flexibility index (Phi) is 4.57. The minimum Gasteiger partial charge on any atom is -0.462 e. The normalized spacial score (nSPS) is 29.2. The van der Waals surface area contributed by atoms with Crippen molar-refractivity contribution in [3.63, 3.8) is 0 Å². The van der Waals surface area contributed by atoms with Gasteiger partial charge in [-0.25, -0.2) is 0 Å². The highest BCUT2D eigenvalue weighted by molar-refractivity contribution is 5.84. The lowest BCUT2D eigenvalue weighted by atomic mass is 9.87. The van der Waals surface area contributed by atoms with Crippen molar-refractivity contribution in [3.05, 3.63) is 11.6 Å². The Balaban J connectivity index is 2.11. The molecule has 0 bridgehead atoms. The molecular formula is C15H20O5. The molecule has 2 aliphatic rings. The number of ketones is 1. The predicted molar refractivity (Wildman–Crippen MR) is 70.7 cm³/mol. The van der Waals surface area contributed by atoms with E-state index in [4.69, 9.17) is 9.47 Å². The summed E-state index contributed by atoms with van der Waals surface area (Å²) in [5.41, 5.74) is 0.945. The highest BCUT2D eigenvalue weighted by Gasteiger charge is 2.42. The van der Waals surface area contributed by atoms with E-state index in [1.807, 2.05) is 6.08 Å². The van der Waals surface area contributed by atoms with E-state index in [9.17, 15) is 14.4 Å². The molecule has 2 rings (SSSR count). The summed E-state index contributed by atoms with van der Waals surface area (Å²) in [6.45, 7) is 2.97. The standard InChI is InChI=1S/C15H20O5/c1-9(16)19-8-11-3-6-15(20-10(2)17)12-4-5-14(18)13(12)7-11/h3,12-13,15H,4-8H2,1-2H3/t12-,13+,15?/m0/s1. The first-order chi connectivity index (χ1) is 9.47. The number of fused-ring (bicyclic) bond motifs is 1. The molecule has 1 unspecified atom stereocenters. The van der Waals surface area contributed by atoms with Crippen molar-refractivity contribution in [1.82, 2.24) is 0 Å². The molecule has 0 saturated heterocycles. The Bertz CT molecular complexity index is 451. The Morgan fingerprint density at radius 2 is 2.05 bits per heavy atom. The molecule has 20 heavy (non-hydrogen) atoms. The van der Waals surface area contributed by atoms with Crippen molar-refractivity contribution in [3.8, 4) is 0 Å². The highest BCUT2D eigenvalue weighted by atomic mass is 16.5. The predicted octanol–water partition coefficient (Wildman–Crippen LogP) is 1.80. The molecule has 0 amide bonds. The van der Waals surface area contributed by atoms with E-state index in [1.165, 1.54) is 13.8 Å². The molecule has 0 N–H and O–H groups in total. The van der Waals surface area contributed by atoms with Gasteiger partial charge in [0.15, 0.2) is 0 Å². The quantitative estimate of drug-likeness (QED) is 0.582. The molecule has 5 heteroatoms. The largest absolute Gasteiger partial charge is 0.462 e. The van der Waals surface area contributed by atoms with Gasteiger partial charge in [-0.15, -0.1) is 0 Å². The first-order valence-corrected chi connectivity index (χ1v) is 6.98. The summed E-state index contributed by atoms with van der Waals surface area (Å²) in [5, 5.41) is 0. The van der Waals surface area contributed by atoms with Crippen LogP contribution in [0.3, 0.4) is 0 Å². The lowest BCUT2D eigenvalue weighted by molar-refractivity contribution is -0.150. The van der Waals surface area contributed by atoms with Crippen molar-refractivity contribution >= 4 is 17.7 Å². The molecule has 0 aliphatic heterocycles. The summed E-state index contributed by atoms with van der Waals surface area (Å²) in [7, 11) is 0. The van der Waals surface area contributed by atoms with Gasteiger partial charge < -0.3 is 9.47 Å². The van der Waals surface area contributed by atoms with Gasteiger partial charge in [-0.2, -0.15) is 0 Å². The number of hydrogen-bond acceptors (Lipinski definition) is 5.